The molecule has 2 heterocycles. The number of rotatable bonds is 6. The summed E-state index contributed by atoms with van der Waals surface area (Å²) in [6, 6.07) is 18.0. The largest absolute Gasteiger partial charge is 0.486 e. The second kappa shape index (κ2) is 7.90. The molecule has 0 fully saturated rings. The van der Waals surface area contributed by atoms with Crippen LogP contribution in [0.15, 0.2) is 64.9 Å². The Labute approximate surface area is 167 Å². The van der Waals surface area contributed by atoms with Crippen LogP contribution in [0.25, 0.3) is 10.9 Å². The normalized spacial score (nSPS) is 11.5. The lowest BCUT2D eigenvalue weighted by Gasteiger charge is -2.06. The summed E-state index contributed by atoms with van der Waals surface area (Å²) in [6.07, 6.45) is 3.84. The molecule has 142 valence electrons. The van der Waals surface area contributed by atoms with Crippen LogP contribution in [0.4, 0.5) is 0 Å². The molecule has 28 heavy (non-hydrogen) atoms. The van der Waals surface area contributed by atoms with Crippen LogP contribution in [0.1, 0.15) is 17.1 Å². The van der Waals surface area contributed by atoms with Gasteiger partial charge in [0.05, 0.1) is 6.21 Å². The molecule has 0 N–H and O–H groups in total. The molecule has 0 aliphatic heterocycles. The Balaban J connectivity index is 1.66. The van der Waals surface area contributed by atoms with Crippen LogP contribution >= 0.6 is 11.8 Å². The van der Waals surface area contributed by atoms with E-state index in [0.29, 0.717) is 12.4 Å². The van der Waals surface area contributed by atoms with Gasteiger partial charge < -0.3 is 9.30 Å². The highest BCUT2D eigenvalue weighted by atomic mass is 32.2. The van der Waals surface area contributed by atoms with E-state index in [9.17, 15) is 0 Å². The van der Waals surface area contributed by atoms with E-state index in [0.717, 1.165) is 22.2 Å². The first kappa shape index (κ1) is 18.3. The smallest absolute Gasteiger partial charge is 0.211 e. The summed E-state index contributed by atoms with van der Waals surface area (Å²) in [5.74, 6) is 1.44. The predicted molar refractivity (Wildman–Crippen MR) is 113 cm³/mol. The summed E-state index contributed by atoms with van der Waals surface area (Å²) in [5, 5.41) is 15.1. The van der Waals surface area contributed by atoms with Gasteiger partial charge in [0.2, 0.25) is 5.16 Å². The summed E-state index contributed by atoms with van der Waals surface area (Å²) in [5.41, 5.74) is 3.43. The van der Waals surface area contributed by atoms with Crippen LogP contribution in [0, 0.1) is 6.92 Å². The number of aryl methyl sites for hydroxylation is 1. The number of hydrogen-bond acceptors (Lipinski definition) is 5. The highest BCUT2D eigenvalue weighted by molar-refractivity contribution is 7.98. The third kappa shape index (κ3) is 3.41. The van der Waals surface area contributed by atoms with Gasteiger partial charge in [-0.3, -0.25) is 0 Å². The molecule has 0 aliphatic carbocycles. The molecule has 0 aliphatic rings. The van der Waals surface area contributed by atoms with Crippen molar-refractivity contribution in [2.75, 3.05) is 6.26 Å². The number of hydrogen-bond donors (Lipinski definition) is 0. The van der Waals surface area contributed by atoms with Crippen molar-refractivity contribution in [1.29, 1.82) is 0 Å². The van der Waals surface area contributed by atoms with E-state index >= 15 is 0 Å². The van der Waals surface area contributed by atoms with E-state index in [1.807, 2.05) is 54.9 Å². The Morgan fingerprint density at radius 3 is 2.61 bits per heavy atom. The standard InChI is InChI=1S/C21H21N5OS/c1-15-18(17-11-7-8-12-19(17)25(15)2)13-22-26-20(23-24-21(26)28-3)14-27-16-9-5-4-6-10-16/h4-13H,14H2,1-3H3/b22-13-. The molecule has 4 rings (SSSR count). The van der Waals surface area contributed by atoms with E-state index in [2.05, 4.69) is 40.9 Å². The van der Waals surface area contributed by atoms with Crippen LogP contribution in [0.3, 0.4) is 0 Å². The minimum atomic E-state index is 0.295. The van der Waals surface area contributed by atoms with Crippen molar-refractivity contribution in [3.05, 3.63) is 71.7 Å². The lowest BCUT2D eigenvalue weighted by atomic mass is 10.1. The van der Waals surface area contributed by atoms with Gasteiger partial charge >= 0.3 is 0 Å². The third-order valence-electron chi connectivity index (χ3n) is 4.72. The van der Waals surface area contributed by atoms with E-state index in [-0.39, 0.29) is 0 Å². The maximum Gasteiger partial charge on any atom is 0.211 e. The average molecular weight is 392 g/mol. The molecule has 4 aromatic rings. The molecule has 0 saturated carbocycles. The molecular weight excluding hydrogens is 370 g/mol. The molecule has 0 unspecified atom stereocenters. The molecule has 0 radical (unpaired) electrons. The number of ether oxygens (including phenoxy) is 1. The number of fused-ring (bicyclic) bond motifs is 1. The molecule has 0 spiro atoms. The highest BCUT2D eigenvalue weighted by Crippen LogP contribution is 2.23. The Kier molecular flexibility index (Phi) is 5.16. The van der Waals surface area contributed by atoms with Gasteiger partial charge in [0.15, 0.2) is 5.82 Å². The SMILES string of the molecule is CSc1nnc(COc2ccccc2)n1/N=C\c1c(C)n(C)c2ccccc12. The molecule has 2 aromatic carbocycles. The minimum absolute atomic E-state index is 0.295. The minimum Gasteiger partial charge on any atom is -0.486 e. The van der Waals surface area contributed by atoms with Gasteiger partial charge in [0.25, 0.3) is 0 Å². The summed E-state index contributed by atoms with van der Waals surface area (Å²) in [7, 11) is 2.07. The summed E-state index contributed by atoms with van der Waals surface area (Å²) >= 11 is 1.50. The summed E-state index contributed by atoms with van der Waals surface area (Å²) in [4.78, 5) is 0. The number of thioether (sulfide) groups is 1. The summed E-state index contributed by atoms with van der Waals surface area (Å²) in [6.45, 7) is 2.39. The molecule has 0 bridgehead atoms. The predicted octanol–water partition coefficient (Wildman–Crippen LogP) is 4.26. The maximum absolute atomic E-state index is 5.83. The first-order chi connectivity index (χ1) is 13.7. The van der Waals surface area contributed by atoms with Gasteiger partial charge in [-0.15, -0.1) is 10.2 Å². The second-order valence-corrected chi connectivity index (χ2v) is 7.11. The van der Waals surface area contributed by atoms with E-state index in [4.69, 9.17) is 9.84 Å². The third-order valence-corrected chi connectivity index (χ3v) is 5.34. The van der Waals surface area contributed by atoms with Gasteiger partial charge in [0.1, 0.15) is 12.4 Å². The Morgan fingerprint density at radius 1 is 1.07 bits per heavy atom. The zero-order chi connectivity index (χ0) is 19.5. The Morgan fingerprint density at radius 2 is 1.82 bits per heavy atom. The van der Waals surface area contributed by atoms with Crippen molar-refractivity contribution < 1.29 is 4.74 Å². The van der Waals surface area contributed by atoms with E-state index in [1.165, 1.54) is 22.7 Å². The maximum atomic E-state index is 5.83. The van der Waals surface area contributed by atoms with Gasteiger partial charge in [0, 0.05) is 29.2 Å². The van der Waals surface area contributed by atoms with Crippen LogP contribution in [-0.4, -0.2) is 31.9 Å². The summed E-state index contributed by atoms with van der Waals surface area (Å²) < 4.78 is 9.75. The van der Waals surface area contributed by atoms with Crippen LogP contribution in [0.2, 0.25) is 0 Å². The number of nitrogens with zero attached hydrogens (tertiary/aromatic N) is 5. The number of benzene rings is 2. The Bertz CT molecular complexity index is 1130. The van der Waals surface area contributed by atoms with Crippen molar-refractivity contribution in [3.8, 4) is 5.75 Å². The lowest BCUT2D eigenvalue weighted by molar-refractivity contribution is 0.290. The molecule has 0 saturated heterocycles. The Hall–Kier alpha value is -3.06. The van der Waals surface area contributed by atoms with E-state index in [1.54, 1.807) is 4.68 Å². The topological polar surface area (TPSA) is 57.2 Å². The fourth-order valence-electron chi connectivity index (χ4n) is 3.12. The van der Waals surface area contributed by atoms with Crippen LogP contribution in [-0.2, 0) is 13.7 Å². The first-order valence-corrected chi connectivity index (χ1v) is 10.2. The zero-order valence-electron chi connectivity index (χ0n) is 16.0. The highest BCUT2D eigenvalue weighted by Gasteiger charge is 2.13. The van der Waals surface area contributed by atoms with Gasteiger partial charge in [-0.1, -0.05) is 48.2 Å². The zero-order valence-corrected chi connectivity index (χ0v) is 16.8. The van der Waals surface area contributed by atoms with Crippen LogP contribution in [0.5, 0.6) is 5.75 Å². The van der Waals surface area contributed by atoms with Crippen molar-refractivity contribution in [3.63, 3.8) is 0 Å². The monoisotopic (exact) mass is 391 g/mol. The first-order valence-electron chi connectivity index (χ1n) is 8.93. The van der Waals surface area contributed by atoms with Crippen LogP contribution < -0.4 is 4.74 Å². The number of aromatic nitrogens is 4. The van der Waals surface area contributed by atoms with Crippen molar-refractivity contribution in [2.45, 2.75) is 18.7 Å². The fraction of sp³-hybridized carbons (Fsp3) is 0.190. The van der Waals surface area contributed by atoms with Crippen molar-refractivity contribution >= 4 is 28.9 Å². The van der Waals surface area contributed by atoms with Crippen molar-refractivity contribution in [1.82, 2.24) is 19.4 Å². The molecular formula is C21H21N5OS. The molecule has 0 atom stereocenters. The van der Waals surface area contributed by atoms with Gasteiger partial charge in [-0.25, -0.2) is 0 Å². The molecule has 0 amide bonds. The lowest BCUT2D eigenvalue weighted by Crippen LogP contribution is -2.05. The van der Waals surface area contributed by atoms with Gasteiger partial charge in [-0.2, -0.15) is 9.78 Å². The van der Waals surface area contributed by atoms with Gasteiger partial charge in [-0.05, 0) is 31.4 Å². The molecule has 7 heteroatoms. The average Bonchev–Trinajstić information content (AvgIpc) is 3.24. The van der Waals surface area contributed by atoms with Crippen molar-refractivity contribution in [2.24, 2.45) is 12.1 Å². The quantitative estimate of drug-likeness (QED) is 0.364. The van der Waals surface area contributed by atoms with E-state index < -0.39 is 0 Å². The molecule has 6 nitrogen and oxygen atoms in total. The number of para-hydroxylation sites is 2. The fourth-order valence-corrected chi connectivity index (χ4v) is 3.57. The second-order valence-electron chi connectivity index (χ2n) is 6.34. The molecule has 2 aromatic heterocycles.